The number of ketones is 1. The number of aromatic nitrogens is 2. The number of aromatic amines is 1. The number of nitrogens with zero attached hydrogens (tertiary/aromatic N) is 2. The average molecular weight is 464 g/mol. The molecule has 1 N–H and O–H groups in total. The molecule has 2 aromatic heterocycles. The number of nitrogens with one attached hydrogen (secondary N) is 1. The van der Waals surface area contributed by atoms with Crippen LogP contribution in [0.5, 0.6) is 0 Å². The fourth-order valence-electron chi connectivity index (χ4n) is 4.25. The van der Waals surface area contributed by atoms with Crippen molar-refractivity contribution < 1.29 is 18.0 Å². The summed E-state index contributed by atoms with van der Waals surface area (Å²) in [6, 6.07) is 9.25. The highest BCUT2D eigenvalue weighted by molar-refractivity contribution is 7.22. The van der Waals surface area contributed by atoms with E-state index in [1.807, 2.05) is 30.3 Å². The topological polar surface area (TPSA) is 66.1 Å². The van der Waals surface area contributed by atoms with Gasteiger partial charge in [-0.05, 0) is 30.7 Å². The molecule has 0 spiro atoms. The van der Waals surface area contributed by atoms with Gasteiger partial charge in [0.25, 0.3) is 5.56 Å². The second-order valence-corrected chi connectivity index (χ2v) is 9.35. The Morgan fingerprint density at radius 3 is 2.66 bits per heavy atom. The Kier molecular flexibility index (Phi) is 6.11. The first kappa shape index (κ1) is 22.5. The number of aryl methyl sites for hydroxylation is 1. The first-order valence-electron chi connectivity index (χ1n) is 10.6. The Hall–Kier alpha value is -2.68. The van der Waals surface area contributed by atoms with E-state index in [0.717, 1.165) is 23.3 Å². The number of thiazole rings is 1. The number of Topliss-reactive ketones (excluding diaryl/α,β-unsaturated/α-hetero) is 1. The Bertz CT molecular complexity index is 1180. The molecule has 1 fully saturated rings. The molecule has 0 aliphatic carbocycles. The minimum absolute atomic E-state index is 0.0402. The number of halogens is 3. The van der Waals surface area contributed by atoms with Crippen LogP contribution in [0.15, 0.2) is 35.1 Å². The fraction of sp³-hybridized carbons (Fsp3) is 0.435. The van der Waals surface area contributed by atoms with Crippen LogP contribution in [0.3, 0.4) is 0 Å². The zero-order chi connectivity index (χ0) is 23.0. The molecule has 5 nitrogen and oxygen atoms in total. The third-order valence-electron chi connectivity index (χ3n) is 5.81. The first-order chi connectivity index (χ1) is 15.2. The summed E-state index contributed by atoms with van der Waals surface area (Å²) < 4.78 is 41.6. The van der Waals surface area contributed by atoms with E-state index < -0.39 is 29.3 Å². The van der Waals surface area contributed by atoms with Gasteiger partial charge in [0.2, 0.25) is 0 Å². The molecular formula is C23H24F3N3O2S. The molecule has 1 saturated heterocycles. The predicted molar refractivity (Wildman–Crippen MR) is 119 cm³/mol. The molecule has 0 amide bonds. The number of hydrogen-bond donors (Lipinski definition) is 1. The van der Waals surface area contributed by atoms with Crippen LogP contribution in [0.2, 0.25) is 0 Å². The van der Waals surface area contributed by atoms with Crippen molar-refractivity contribution in [2.45, 2.75) is 57.7 Å². The van der Waals surface area contributed by atoms with E-state index in [1.54, 1.807) is 18.7 Å². The third kappa shape index (κ3) is 4.30. The quantitative estimate of drug-likeness (QED) is 0.539. The maximum absolute atomic E-state index is 13.9. The van der Waals surface area contributed by atoms with Gasteiger partial charge in [-0.3, -0.25) is 9.59 Å². The van der Waals surface area contributed by atoms with Crippen molar-refractivity contribution in [3.8, 4) is 0 Å². The molecule has 9 heteroatoms. The number of benzene rings is 1. The normalized spacial score (nSPS) is 16.9. The number of alkyl halides is 3. The van der Waals surface area contributed by atoms with Crippen molar-refractivity contribution >= 4 is 32.5 Å². The molecular weight excluding hydrogens is 439 g/mol. The minimum atomic E-state index is -4.62. The zero-order valence-corrected chi connectivity index (χ0v) is 18.6. The molecule has 1 aliphatic heterocycles. The highest BCUT2D eigenvalue weighted by atomic mass is 32.1. The molecule has 1 atom stereocenters. The van der Waals surface area contributed by atoms with Crippen LogP contribution in [0.1, 0.15) is 55.8 Å². The first-order valence-corrected chi connectivity index (χ1v) is 11.5. The van der Waals surface area contributed by atoms with Gasteiger partial charge in [0.1, 0.15) is 5.52 Å². The Labute approximate surface area is 187 Å². The molecule has 170 valence electrons. The van der Waals surface area contributed by atoms with Crippen LogP contribution in [0.25, 0.3) is 10.2 Å². The van der Waals surface area contributed by atoms with E-state index >= 15 is 0 Å². The second-order valence-electron chi connectivity index (χ2n) is 8.37. The van der Waals surface area contributed by atoms with E-state index in [1.165, 1.54) is 0 Å². The number of pyridine rings is 1. The predicted octanol–water partition coefficient (Wildman–Crippen LogP) is 5.30. The molecule has 3 heterocycles. The number of H-pyrrole nitrogens is 1. The van der Waals surface area contributed by atoms with Gasteiger partial charge >= 0.3 is 6.18 Å². The van der Waals surface area contributed by atoms with Gasteiger partial charge < -0.3 is 9.88 Å². The lowest BCUT2D eigenvalue weighted by molar-refractivity contribution is -0.137. The van der Waals surface area contributed by atoms with Gasteiger partial charge in [-0.2, -0.15) is 13.2 Å². The van der Waals surface area contributed by atoms with Gasteiger partial charge in [-0.15, -0.1) is 0 Å². The van der Waals surface area contributed by atoms with Crippen molar-refractivity contribution in [2.75, 3.05) is 11.4 Å². The number of fused-ring (bicyclic) bond motifs is 1. The summed E-state index contributed by atoms with van der Waals surface area (Å²) >= 11 is 0.852. The highest BCUT2D eigenvalue weighted by Crippen LogP contribution is 2.42. The third-order valence-corrected chi connectivity index (χ3v) is 6.92. The maximum atomic E-state index is 13.9. The largest absolute Gasteiger partial charge is 0.419 e. The van der Waals surface area contributed by atoms with E-state index in [9.17, 15) is 22.8 Å². The Morgan fingerprint density at radius 1 is 1.28 bits per heavy atom. The fourth-order valence-corrected chi connectivity index (χ4v) is 5.46. The molecule has 4 rings (SSSR count). The van der Waals surface area contributed by atoms with E-state index in [2.05, 4.69) is 9.97 Å². The number of hydrogen-bond acceptors (Lipinski definition) is 5. The molecule has 0 radical (unpaired) electrons. The van der Waals surface area contributed by atoms with Gasteiger partial charge in [0, 0.05) is 18.7 Å². The van der Waals surface area contributed by atoms with Crippen molar-refractivity contribution in [3.63, 3.8) is 0 Å². The van der Waals surface area contributed by atoms with Crippen LogP contribution < -0.4 is 10.5 Å². The number of rotatable bonds is 6. The van der Waals surface area contributed by atoms with Crippen LogP contribution in [-0.2, 0) is 17.4 Å². The monoisotopic (exact) mass is 463 g/mol. The van der Waals surface area contributed by atoms with Crippen molar-refractivity contribution in [2.24, 2.45) is 0 Å². The lowest BCUT2D eigenvalue weighted by atomic mass is 10.0. The summed E-state index contributed by atoms with van der Waals surface area (Å²) in [6.45, 7) is 3.74. The van der Waals surface area contributed by atoms with E-state index in [4.69, 9.17) is 0 Å². The standard InChI is InChI=1S/C23H24F3N3O2S/c1-13(2)18-17(23(24,25)26)20-19(21(31)27-18)28-22(32-20)29-12-6-9-15(29)16(30)11-10-14-7-4-3-5-8-14/h3-5,7-8,13,15H,6,9-12H2,1-2H3,(H,27,31)/t15-/m1/s1. The van der Waals surface area contributed by atoms with Gasteiger partial charge in [0.05, 0.1) is 16.3 Å². The zero-order valence-electron chi connectivity index (χ0n) is 17.8. The van der Waals surface area contributed by atoms with Crippen LogP contribution >= 0.6 is 11.3 Å². The Balaban J connectivity index is 1.67. The summed E-state index contributed by atoms with van der Waals surface area (Å²) in [6.07, 6.45) is -2.29. The lowest BCUT2D eigenvalue weighted by Gasteiger charge is -2.22. The summed E-state index contributed by atoms with van der Waals surface area (Å²) in [5.41, 5.74) is -0.762. The summed E-state index contributed by atoms with van der Waals surface area (Å²) in [5.74, 6) is -0.466. The molecule has 0 unspecified atom stereocenters. The minimum Gasteiger partial charge on any atom is -0.338 e. The summed E-state index contributed by atoms with van der Waals surface area (Å²) in [7, 11) is 0. The SMILES string of the molecule is CC(C)c1[nH]c(=O)c2nc(N3CCC[C@@H]3C(=O)CCc3ccccc3)sc2c1C(F)(F)F. The number of anilines is 1. The molecule has 32 heavy (non-hydrogen) atoms. The molecule has 0 bridgehead atoms. The van der Waals surface area contributed by atoms with E-state index in [-0.39, 0.29) is 21.7 Å². The maximum Gasteiger partial charge on any atom is 0.419 e. The van der Waals surface area contributed by atoms with Crippen LogP contribution in [0.4, 0.5) is 18.3 Å². The Morgan fingerprint density at radius 2 is 2.00 bits per heavy atom. The summed E-state index contributed by atoms with van der Waals surface area (Å²) in [5, 5.41) is 0.299. The van der Waals surface area contributed by atoms with E-state index in [0.29, 0.717) is 30.9 Å². The van der Waals surface area contributed by atoms with Gasteiger partial charge in [-0.1, -0.05) is 55.5 Å². The number of carbonyl (C=O) groups is 1. The smallest absolute Gasteiger partial charge is 0.338 e. The van der Waals surface area contributed by atoms with Gasteiger partial charge in [0.15, 0.2) is 10.9 Å². The second kappa shape index (κ2) is 8.69. The molecule has 0 saturated carbocycles. The molecule has 1 aliphatic rings. The lowest BCUT2D eigenvalue weighted by Crippen LogP contribution is -2.36. The average Bonchev–Trinajstić information content (AvgIpc) is 3.39. The highest BCUT2D eigenvalue weighted by Gasteiger charge is 2.40. The van der Waals surface area contributed by atoms with Crippen LogP contribution in [-0.4, -0.2) is 28.3 Å². The van der Waals surface area contributed by atoms with Crippen molar-refractivity contribution in [1.82, 2.24) is 9.97 Å². The van der Waals surface area contributed by atoms with Crippen molar-refractivity contribution in [1.29, 1.82) is 0 Å². The summed E-state index contributed by atoms with van der Waals surface area (Å²) in [4.78, 5) is 33.9. The molecule has 1 aromatic carbocycles. The molecule has 3 aromatic rings. The van der Waals surface area contributed by atoms with Crippen molar-refractivity contribution in [3.05, 3.63) is 57.5 Å². The van der Waals surface area contributed by atoms with Gasteiger partial charge in [-0.25, -0.2) is 4.98 Å². The number of carbonyl (C=O) groups excluding carboxylic acids is 1. The van der Waals surface area contributed by atoms with Crippen LogP contribution in [0, 0.1) is 0 Å².